The van der Waals surface area contributed by atoms with Crippen LogP contribution in [0.4, 0.5) is 5.13 Å². The van der Waals surface area contributed by atoms with E-state index < -0.39 is 0 Å². The van der Waals surface area contributed by atoms with Crippen LogP contribution in [-0.2, 0) is 6.54 Å². The third kappa shape index (κ3) is 3.00. The minimum Gasteiger partial charge on any atom is -0.343 e. The van der Waals surface area contributed by atoms with Crippen molar-refractivity contribution >= 4 is 28.2 Å². The number of hydrogen-bond acceptors (Lipinski definition) is 5. The molecule has 1 aliphatic carbocycles. The van der Waals surface area contributed by atoms with E-state index in [1.807, 2.05) is 11.3 Å². The highest BCUT2D eigenvalue weighted by Crippen LogP contribution is 2.45. The van der Waals surface area contributed by atoms with E-state index in [0.717, 1.165) is 25.6 Å². The van der Waals surface area contributed by atoms with Crippen molar-refractivity contribution in [3.63, 3.8) is 0 Å². The van der Waals surface area contributed by atoms with Crippen LogP contribution < -0.4 is 10.2 Å². The summed E-state index contributed by atoms with van der Waals surface area (Å²) in [6.07, 6.45) is 2.67. The summed E-state index contributed by atoms with van der Waals surface area (Å²) in [5.74, 6) is 1.98. The number of aromatic nitrogens is 1. The maximum Gasteiger partial charge on any atom is 0.186 e. The molecule has 1 N–H and O–H groups in total. The van der Waals surface area contributed by atoms with E-state index >= 15 is 0 Å². The number of nitrogens with one attached hydrogen (secondary N) is 1. The van der Waals surface area contributed by atoms with Gasteiger partial charge in [-0.05, 0) is 26.3 Å². The van der Waals surface area contributed by atoms with E-state index in [4.69, 9.17) is 4.98 Å². The van der Waals surface area contributed by atoms with Gasteiger partial charge in [-0.2, -0.15) is 11.8 Å². The quantitative estimate of drug-likeness (QED) is 0.901. The van der Waals surface area contributed by atoms with Crippen molar-refractivity contribution in [2.75, 3.05) is 23.7 Å². The van der Waals surface area contributed by atoms with E-state index in [0.29, 0.717) is 11.3 Å². The first-order valence-electron chi connectivity index (χ1n) is 7.79. The Morgan fingerprint density at radius 1 is 1.35 bits per heavy atom. The number of hydrogen-bond donors (Lipinski definition) is 1. The monoisotopic (exact) mass is 311 g/mol. The van der Waals surface area contributed by atoms with E-state index in [-0.39, 0.29) is 0 Å². The first-order valence-corrected chi connectivity index (χ1v) is 9.65. The number of thiazole rings is 1. The highest BCUT2D eigenvalue weighted by atomic mass is 32.2. The molecule has 0 radical (unpaired) electrons. The molecule has 2 fully saturated rings. The zero-order valence-corrected chi connectivity index (χ0v) is 14.3. The molecule has 0 amide bonds. The maximum atomic E-state index is 5.03. The topological polar surface area (TPSA) is 28.2 Å². The Bertz CT molecular complexity index is 456. The molecule has 0 bridgehead atoms. The van der Waals surface area contributed by atoms with Crippen LogP contribution in [0, 0.1) is 0 Å². The van der Waals surface area contributed by atoms with Gasteiger partial charge < -0.3 is 10.2 Å². The summed E-state index contributed by atoms with van der Waals surface area (Å²) >= 11 is 4.01. The largest absolute Gasteiger partial charge is 0.343 e. The first-order chi connectivity index (χ1) is 9.70. The van der Waals surface area contributed by atoms with Gasteiger partial charge in [0, 0.05) is 40.9 Å². The molecule has 2 aliphatic rings. The van der Waals surface area contributed by atoms with E-state index in [9.17, 15) is 0 Å². The second-order valence-corrected chi connectivity index (χ2v) is 8.42. The third-order valence-electron chi connectivity index (χ3n) is 4.35. The lowest BCUT2D eigenvalue weighted by Crippen LogP contribution is -2.44. The Balaban J connectivity index is 1.81. The van der Waals surface area contributed by atoms with Crippen LogP contribution in [0.3, 0.4) is 0 Å². The third-order valence-corrected chi connectivity index (χ3v) is 6.79. The molecule has 0 aromatic carbocycles. The average Bonchev–Trinajstić information content (AvgIpc) is 3.20. The fourth-order valence-corrected chi connectivity index (χ4v) is 5.05. The van der Waals surface area contributed by atoms with Crippen molar-refractivity contribution in [1.82, 2.24) is 10.3 Å². The first kappa shape index (κ1) is 14.7. The molecule has 1 aromatic heterocycles. The zero-order valence-electron chi connectivity index (χ0n) is 12.7. The Kier molecular flexibility index (Phi) is 4.58. The Hall–Kier alpha value is -0.260. The molecule has 3 rings (SSSR count). The minimum absolute atomic E-state index is 0.596. The van der Waals surface area contributed by atoms with Gasteiger partial charge in [-0.15, -0.1) is 11.3 Å². The second-order valence-electron chi connectivity index (χ2n) is 5.87. The molecule has 2 atom stereocenters. The van der Waals surface area contributed by atoms with E-state index in [2.05, 4.69) is 42.7 Å². The number of thioether (sulfide) groups is 1. The number of anilines is 1. The Morgan fingerprint density at radius 3 is 2.85 bits per heavy atom. The standard InChI is InChI=1S/C15H25N3S2/c1-4-16-9-13-14(12-5-6-12)17-15(20-13)18-7-8-19-11(3)10(18)2/h10-12,16H,4-9H2,1-3H3. The summed E-state index contributed by atoms with van der Waals surface area (Å²) in [6, 6.07) is 0.596. The van der Waals surface area contributed by atoms with Crippen molar-refractivity contribution in [2.45, 2.75) is 57.4 Å². The lowest BCUT2D eigenvalue weighted by molar-refractivity contribution is 0.625. The summed E-state index contributed by atoms with van der Waals surface area (Å²) in [6.45, 7) is 10.0. The van der Waals surface area contributed by atoms with Crippen LogP contribution >= 0.6 is 23.1 Å². The molecule has 2 unspecified atom stereocenters. The van der Waals surface area contributed by atoms with Crippen LogP contribution in [0.25, 0.3) is 0 Å². The van der Waals surface area contributed by atoms with E-state index in [1.165, 1.54) is 34.3 Å². The van der Waals surface area contributed by atoms with Crippen molar-refractivity contribution in [2.24, 2.45) is 0 Å². The van der Waals surface area contributed by atoms with E-state index in [1.54, 1.807) is 0 Å². The summed E-state index contributed by atoms with van der Waals surface area (Å²) in [5, 5.41) is 5.44. The zero-order chi connectivity index (χ0) is 14.1. The van der Waals surface area contributed by atoms with Crippen molar-refractivity contribution in [3.8, 4) is 0 Å². The molecular weight excluding hydrogens is 286 g/mol. The summed E-state index contributed by atoms with van der Waals surface area (Å²) in [5.41, 5.74) is 1.39. The molecule has 1 aliphatic heterocycles. The van der Waals surface area contributed by atoms with Gasteiger partial charge in [-0.3, -0.25) is 0 Å². The van der Waals surface area contributed by atoms with Gasteiger partial charge in [0.2, 0.25) is 0 Å². The van der Waals surface area contributed by atoms with Gasteiger partial charge in [0.15, 0.2) is 5.13 Å². The minimum atomic E-state index is 0.596. The smallest absolute Gasteiger partial charge is 0.186 e. The highest BCUT2D eigenvalue weighted by molar-refractivity contribution is 8.00. The number of rotatable bonds is 5. The SMILES string of the molecule is CCNCc1sc(N2CCSC(C)C2C)nc1C1CC1. The molecule has 1 aromatic rings. The Morgan fingerprint density at radius 2 is 2.15 bits per heavy atom. The predicted octanol–water partition coefficient (Wildman–Crippen LogP) is 3.46. The molecule has 2 heterocycles. The molecule has 0 spiro atoms. The molecule has 5 heteroatoms. The molecule has 1 saturated heterocycles. The second kappa shape index (κ2) is 6.24. The molecule has 3 nitrogen and oxygen atoms in total. The fraction of sp³-hybridized carbons (Fsp3) is 0.800. The van der Waals surface area contributed by atoms with Gasteiger partial charge >= 0.3 is 0 Å². The van der Waals surface area contributed by atoms with Crippen LogP contribution in [0.15, 0.2) is 0 Å². The van der Waals surface area contributed by atoms with Crippen molar-refractivity contribution in [1.29, 1.82) is 0 Å². The van der Waals surface area contributed by atoms with Gasteiger partial charge in [0.05, 0.1) is 5.69 Å². The van der Waals surface area contributed by atoms with Gasteiger partial charge in [-0.25, -0.2) is 4.98 Å². The summed E-state index contributed by atoms with van der Waals surface area (Å²) < 4.78 is 0. The molecular formula is C15H25N3S2. The van der Waals surface area contributed by atoms with Crippen LogP contribution in [0.2, 0.25) is 0 Å². The van der Waals surface area contributed by atoms with Gasteiger partial charge in [0.1, 0.15) is 0 Å². The number of nitrogens with zero attached hydrogens (tertiary/aromatic N) is 2. The van der Waals surface area contributed by atoms with Crippen molar-refractivity contribution < 1.29 is 0 Å². The van der Waals surface area contributed by atoms with Crippen LogP contribution in [0.5, 0.6) is 0 Å². The molecule has 20 heavy (non-hydrogen) atoms. The average molecular weight is 312 g/mol. The van der Waals surface area contributed by atoms with Crippen LogP contribution in [-0.4, -0.2) is 35.1 Å². The Labute approximate surface area is 130 Å². The molecule has 1 saturated carbocycles. The van der Waals surface area contributed by atoms with Gasteiger partial charge in [-0.1, -0.05) is 13.8 Å². The predicted molar refractivity (Wildman–Crippen MR) is 90.2 cm³/mol. The van der Waals surface area contributed by atoms with Crippen molar-refractivity contribution in [3.05, 3.63) is 10.6 Å². The van der Waals surface area contributed by atoms with Gasteiger partial charge in [0.25, 0.3) is 0 Å². The molecule has 112 valence electrons. The fourth-order valence-electron chi connectivity index (χ4n) is 2.72. The highest BCUT2D eigenvalue weighted by Gasteiger charge is 2.32. The summed E-state index contributed by atoms with van der Waals surface area (Å²) in [7, 11) is 0. The normalized spacial score (nSPS) is 27.1. The lowest BCUT2D eigenvalue weighted by atomic mass is 10.2. The maximum absolute atomic E-state index is 5.03. The lowest BCUT2D eigenvalue weighted by Gasteiger charge is -2.37. The summed E-state index contributed by atoms with van der Waals surface area (Å²) in [4.78, 5) is 9.04. The van der Waals surface area contributed by atoms with Crippen LogP contribution in [0.1, 0.15) is 50.1 Å².